The molecule has 0 amide bonds. The summed E-state index contributed by atoms with van der Waals surface area (Å²) in [6.45, 7) is 15.1. The number of nitrogens with zero attached hydrogens (tertiary/aromatic N) is 1. The molecule has 102 valence electrons. The molecule has 3 heteroatoms. The first-order valence-electron chi connectivity index (χ1n) is 7.03. The number of hydrogen-bond acceptors (Lipinski definition) is 3. The maximum atomic E-state index is 3.59. The number of thioether (sulfide) groups is 1. The van der Waals surface area contributed by atoms with Gasteiger partial charge in [0.25, 0.3) is 0 Å². The van der Waals surface area contributed by atoms with Crippen LogP contribution in [0.15, 0.2) is 0 Å². The summed E-state index contributed by atoms with van der Waals surface area (Å²) in [5, 5.41) is 4.45. The van der Waals surface area contributed by atoms with Crippen LogP contribution in [0.25, 0.3) is 0 Å². The zero-order chi connectivity index (χ0) is 12.9. The minimum Gasteiger partial charge on any atom is -0.312 e. The molecule has 0 bridgehead atoms. The lowest BCUT2D eigenvalue weighted by atomic mass is 10.1. The van der Waals surface area contributed by atoms with Gasteiger partial charge in [-0.3, -0.25) is 4.90 Å². The Morgan fingerprint density at radius 2 is 2.12 bits per heavy atom. The Kier molecular flexibility index (Phi) is 6.32. The quantitative estimate of drug-likeness (QED) is 0.816. The Balaban J connectivity index is 2.24. The molecular formula is C14H30N2S. The molecule has 1 aliphatic heterocycles. The fourth-order valence-electron chi connectivity index (χ4n) is 2.23. The minimum absolute atomic E-state index is 0.253. The first-order valence-corrected chi connectivity index (χ1v) is 8.08. The van der Waals surface area contributed by atoms with Crippen molar-refractivity contribution in [3.63, 3.8) is 0 Å². The lowest BCUT2D eigenvalue weighted by Crippen LogP contribution is -2.45. The summed E-state index contributed by atoms with van der Waals surface area (Å²) in [5.41, 5.74) is 0.253. The molecule has 0 spiro atoms. The Bertz CT molecular complexity index is 213. The highest BCUT2D eigenvalue weighted by atomic mass is 32.2. The van der Waals surface area contributed by atoms with E-state index in [9.17, 15) is 0 Å². The van der Waals surface area contributed by atoms with Gasteiger partial charge in [0.1, 0.15) is 0 Å². The highest BCUT2D eigenvalue weighted by Crippen LogP contribution is 2.23. The van der Waals surface area contributed by atoms with Crippen molar-refractivity contribution < 1.29 is 0 Å². The number of rotatable bonds is 5. The smallest absolute Gasteiger partial charge is 0.0172 e. The van der Waals surface area contributed by atoms with Crippen molar-refractivity contribution in [2.24, 2.45) is 0 Å². The lowest BCUT2D eigenvalue weighted by molar-refractivity contribution is 0.201. The van der Waals surface area contributed by atoms with Crippen molar-refractivity contribution >= 4 is 11.8 Å². The van der Waals surface area contributed by atoms with E-state index in [4.69, 9.17) is 0 Å². The van der Waals surface area contributed by atoms with Crippen LogP contribution in [0.2, 0.25) is 0 Å². The first kappa shape index (κ1) is 15.3. The summed E-state index contributed by atoms with van der Waals surface area (Å²) in [7, 11) is 0. The monoisotopic (exact) mass is 258 g/mol. The van der Waals surface area contributed by atoms with Crippen LogP contribution in [0, 0.1) is 0 Å². The van der Waals surface area contributed by atoms with Crippen LogP contribution in [0.1, 0.15) is 47.5 Å². The van der Waals surface area contributed by atoms with Crippen LogP contribution >= 0.6 is 11.8 Å². The fraction of sp³-hybridized carbons (Fsp3) is 1.00. The third kappa shape index (κ3) is 6.12. The van der Waals surface area contributed by atoms with E-state index >= 15 is 0 Å². The largest absolute Gasteiger partial charge is 0.312 e. The normalized spacial score (nSPS) is 24.9. The summed E-state index contributed by atoms with van der Waals surface area (Å²) in [6.07, 6.45) is 2.58. The third-order valence-corrected chi connectivity index (χ3v) is 4.84. The molecule has 1 fully saturated rings. The summed E-state index contributed by atoms with van der Waals surface area (Å²) in [6, 6.07) is 0.722. The molecule has 1 saturated heterocycles. The van der Waals surface area contributed by atoms with Crippen molar-refractivity contribution in [3.05, 3.63) is 0 Å². The van der Waals surface area contributed by atoms with Crippen molar-refractivity contribution in [1.29, 1.82) is 0 Å². The predicted octanol–water partition coefficient (Wildman–Crippen LogP) is 2.98. The average Bonchev–Trinajstić information content (AvgIpc) is 2.27. The number of nitrogens with one attached hydrogen (secondary N) is 1. The van der Waals surface area contributed by atoms with Gasteiger partial charge in [-0.15, -0.1) is 0 Å². The van der Waals surface area contributed by atoms with Crippen molar-refractivity contribution in [3.8, 4) is 0 Å². The second-order valence-corrected chi connectivity index (χ2v) is 7.62. The Morgan fingerprint density at radius 1 is 1.41 bits per heavy atom. The van der Waals surface area contributed by atoms with Gasteiger partial charge in [-0.25, -0.2) is 0 Å². The molecule has 1 N–H and O–H groups in total. The van der Waals surface area contributed by atoms with Gasteiger partial charge < -0.3 is 5.32 Å². The second kappa shape index (κ2) is 7.01. The van der Waals surface area contributed by atoms with Gasteiger partial charge in [-0.1, -0.05) is 6.92 Å². The molecule has 0 aliphatic carbocycles. The van der Waals surface area contributed by atoms with Crippen LogP contribution < -0.4 is 5.32 Å². The molecule has 1 aliphatic rings. The zero-order valence-corrected chi connectivity index (χ0v) is 13.1. The van der Waals surface area contributed by atoms with E-state index in [0.29, 0.717) is 0 Å². The van der Waals surface area contributed by atoms with Crippen LogP contribution in [0.5, 0.6) is 0 Å². The molecule has 2 unspecified atom stereocenters. The first-order chi connectivity index (χ1) is 7.92. The molecule has 17 heavy (non-hydrogen) atoms. The molecule has 1 heterocycles. The van der Waals surface area contributed by atoms with Crippen molar-refractivity contribution in [2.45, 2.75) is 64.3 Å². The Morgan fingerprint density at radius 3 is 2.71 bits per heavy atom. The van der Waals surface area contributed by atoms with E-state index in [2.05, 4.69) is 56.6 Å². The topological polar surface area (TPSA) is 15.3 Å². The highest BCUT2D eigenvalue weighted by molar-refractivity contribution is 8.00. The van der Waals surface area contributed by atoms with Gasteiger partial charge in [0, 0.05) is 35.7 Å². The molecule has 0 radical (unpaired) electrons. The summed E-state index contributed by atoms with van der Waals surface area (Å²) in [4.78, 5) is 2.68. The van der Waals surface area contributed by atoms with E-state index in [1.165, 1.54) is 31.7 Å². The minimum atomic E-state index is 0.253. The van der Waals surface area contributed by atoms with Gasteiger partial charge in [-0.2, -0.15) is 11.8 Å². The molecule has 2 atom stereocenters. The van der Waals surface area contributed by atoms with Crippen LogP contribution in [0.3, 0.4) is 0 Å². The van der Waals surface area contributed by atoms with E-state index in [0.717, 1.165) is 17.8 Å². The highest BCUT2D eigenvalue weighted by Gasteiger charge is 2.22. The van der Waals surface area contributed by atoms with Gasteiger partial charge in [0.05, 0.1) is 0 Å². The third-order valence-electron chi connectivity index (χ3n) is 3.47. The van der Waals surface area contributed by atoms with E-state index in [1.54, 1.807) is 0 Å². The van der Waals surface area contributed by atoms with Gasteiger partial charge >= 0.3 is 0 Å². The van der Waals surface area contributed by atoms with Gasteiger partial charge in [0.15, 0.2) is 0 Å². The van der Waals surface area contributed by atoms with Crippen LogP contribution in [-0.2, 0) is 0 Å². The standard InChI is InChI=1S/C14H30N2S/c1-6-13-11-16(9-10-17-13)12(2)7-8-15-14(3,4)5/h12-13,15H,6-11H2,1-5H3. The van der Waals surface area contributed by atoms with Crippen molar-refractivity contribution in [2.75, 3.05) is 25.4 Å². The Labute approximate surface area is 112 Å². The molecule has 0 aromatic heterocycles. The van der Waals surface area contributed by atoms with Crippen LogP contribution in [-0.4, -0.2) is 47.1 Å². The van der Waals surface area contributed by atoms with Gasteiger partial charge in [0.2, 0.25) is 0 Å². The maximum Gasteiger partial charge on any atom is 0.0172 e. The second-order valence-electron chi connectivity index (χ2n) is 6.21. The molecule has 2 nitrogen and oxygen atoms in total. The van der Waals surface area contributed by atoms with Crippen LogP contribution in [0.4, 0.5) is 0 Å². The zero-order valence-electron chi connectivity index (χ0n) is 12.3. The van der Waals surface area contributed by atoms with Gasteiger partial charge in [-0.05, 0) is 47.1 Å². The lowest BCUT2D eigenvalue weighted by Gasteiger charge is -2.36. The molecule has 0 aromatic rings. The molecular weight excluding hydrogens is 228 g/mol. The van der Waals surface area contributed by atoms with E-state index in [1.807, 2.05) is 0 Å². The Hall–Kier alpha value is 0.270. The molecule has 0 aromatic carbocycles. The molecule has 1 rings (SSSR count). The van der Waals surface area contributed by atoms with E-state index in [-0.39, 0.29) is 5.54 Å². The fourth-order valence-corrected chi connectivity index (χ4v) is 3.43. The SMILES string of the molecule is CCC1CN(C(C)CCNC(C)(C)C)CCS1. The summed E-state index contributed by atoms with van der Waals surface area (Å²) >= 11 is 2.16. The maximum absolute atomic E-state index is 3.59. The summed E-state index contributed by atoms with van der Waals surface area (Å²) in [5.74, 6) is 1.32. The average molecular weight is 258 g/mol. The van der Waals surface area contributed by atoms with Crippen molar-refractivity contribution in [1.82, 2.24) is 10.2 Å². The van der Waals surface area contributed by atoms with E-state index < -0.39 is 0 Å². The number of hydrogen-bond donors (Lipinski definition) is 1. The molecule has 0 saturated carbocycles. The predicted molar refractivity (Wildman–Crippen MR) is 79.9 cm³/mol. The summed E-state index contributed by atoms with van der Waals surface area (Å²) < 4.78 is 0.